The van der Waals surface area contributed by atoms with E-state index >= 15 is 0 Å². The van der Waals surface area contributed by atoms with Gasteiger partial charge in [-0.25, -0.2) is 0 Å². The smallest absolute Gasteiger partial charge is 0.310 e. The number of amides is 3. The summed E-state index contributed by atoms with van der Waals surface area (Å²) in [5.74, 6) is -3.32. The molecule has 3 heterocycles. The van der Waals surface area contributed by atoms with Gasteiger partial charge in [-0.2, -0.15) is 0 Å². The van der Waals surface area contributed by atoms with E-state index in [-0.39, 0.29) is 68.5 Å². The highest BCUT2D eigenvalue weighted by Gasteiger charge is 2.40. The average Bonchev–Trinajstić information content (AvgIpc) is 3.56. The van der Waals surface area contributed by atoms with Crippen LogP contribution in [-0.4, -0.2) is 111 Å². The summed E-state index contributed by atoms with van der Waals surface area (Å²) in [5, 5.41) is 0. The first kappa shape index (κ1) is 28.4. The molecule has 3 saturated heterocycles. The monoisotopic (exact) mass is 523 g/mol. The topological polar surface area (TPSA) is 140 Å². The van der Waals surface area contributed by atoms with Gasteiger partial charge in [0, 0.05) is 58.5 Å². The number of carbonyl (C=O) groups is 6. The maximum Gasteiger partial charge on any atom is 0.310 e. The molecule has 0 aromatic rings. The number of likely N-dealkylation sites (tertiary alicyclic amines) is 3. The average molecular weight is 524 g/mol. The largest absolute Gasteiger partial charge is 0.469 e. The number of hydrogen-bond acceptors (Lipinski definition) is 9. The highest BCUT2D eigenvalue weighted by Crippen LogP contribution is 2.28. The number of carbonyl (C=O) groups excluding carboxylic acids is 6. The van der Waals surface area contributed by atoms with Gasteiger partial charge in [-0.05, 0) is 18.3 Å². The quantitative estimate of drug-likeness (QED) is 0.264. The van der Waals surface area contributed by atoms with E-state index in [1.54, 1.807) is 14.7 Å². The van der Waals surface area contributed by atoms with E-state index in [2.05, 4.69) is 0 Å². The lowest BCUT2D eigenvalue weighted by Gasteiger charge is -2.32. The van der Waals surface area contributed by atoms with E-state index < -0.39 is 35.7 Å². The number of ether oxygens (including phenoxy) is 3. The van der Waals surface area contributed by atoms with Crippen LogP contribution >= 0.6 is 0 Å². The Morgan fingerprint density at radius 2 is 1.08 bits per heavy atom. The summed E-state index contributed by atoms with van der Waals surface area (Å²) in [6.45, 7) is 3.94. The van der Waals surface area contributed by atoms with Crippen molar-refractivity contribution in [2.45, 2.75) is 32.6 Å². The number of esters is 3. The molecule has 206 valence electrons. The fourth-order valence-electron chi connectivity index (χ4n) is 5.52. The van der Waals surface area contributed by atoms with Crippen LogP contribution in [0.25, 0.3) is 0 Å². The highest BCUT2D eigenvalue weighted by molar-refractivity contribution is 5.88. The van der Waals surface area contributed by atoms with E-state index in [4.69, 9.17) is 14.2 Å². The zero-order valence-corrected chi connectivity index (χ0v) is 22.0. The number of rotatable bonds is 11. The van der Waals surface area contributed by atoms with Gasteiger partial charge in [-0.1, -0.05) is 6.92 Å². The Bertz CT molecular complexity index is 923. The first-order chi connectivity index (χ1) is 17.6. The molecule has 0 aromatic carbocycles. The summed E-state index contributed by atoms with van der Waals surface area (Å²) >= 11 is 0. The van der Waals surface area contributed by atoms with Crippen LogP contribution in [0.3, 0.4) is 0 Å². The normalized spacial score (nSPS) is 25.5. The van der Waals surface area contributed by atoms with Crippen molar-refractivity contribution in [3.8, 4) is 0 Å². The summed E-state index contributed by atoms with van der Waals surface area (Å²) in [7, 11) is 3.89. The molecule has 12 heteroatoms. The molecule has 5 unspecified atom stereocenters. The molecule has 0 spiro atoms. The van der Waals surface area contributed by atoms with E-state index in [1.165, 1.54) is 21.3 Å². The third-order valence-electron chi connectivity index (χ3n) is 7.78. The fourth-order valence-corrected chi connectivity index (χ4v) is 5.52. The molecule has 12 nitrogen and oxygen atoms in total. The molecule has 0 radical (unpaired) electrons. The van der Waals surface area contributed by atoms with Gasteiger partial charge in [0.05, 0.1) is 39.1 Å². The van der Waals surface area contributed by atoms with Crippen LogP contribution in [0.4, 0.5) is 0 Å². The number of hydrogen-bond donors (Lipinski definition) is 0. The molecule has 3 amide bonds. The standard InChI is InChI=1S/C25H37N3O9/c1-15(10-27-13-18(8-21(27)30)24(33)36-3)16(11-28-14-19(9-22(28)31)25(34)37-4)5-6-26-12-17(7-20(26)29)23(32)35-2/h15-19H,5-14H2,1-4H3. The van der Waals surface area contributed by atoms with Crippen LogP contribution in [0.15, 0.2) is 0 Å². The number of methoxy groups -OCH3 is 3. The Morgan fingerprint density at radius 3 is 1.51 bits per heavy atom. The Morgan fingerprint density at radius 1 is 0.703 bits per heavy atom. The van der Waals surface area contributed by atoms with Crippen molar-refractivity contribution < 1.29 is 43.0 Å². The molecule has 0 aliphatic carbocycles. The van der Waals surface area contributed by atoms with Crippen LogP contribution < -0.4 is 0 Å². The third-order valence-corrected chi connectivity index (χ3v) is 7.78. The molecule has 3 aliphatic heterocycles. The summed E-state index contributed by atoms with van der Waals surface area (Å²) in [4.78, 5) is 78.4. The van der Waals surface area contributed by atoms with Gasteiger partial charge in [0.1, 0.15) is 0 Å². The van der Waals surface area contributed by atoms with E-state index in [0.717, 1.165) is 0 Å². The lowest BCUT2D eigenvalue weighted by atomic mass is 9.89. The van der Waals surface area contributed by atoms with E-state index in [0.29, 0.717) is 26.1 Å². The van der Waals surface area contributed by atoms with Crippen LogP contribution in [0.5, 0.6) is 0 Å². The molecule has 0 saturated carbocycles. The molecule has 0 aromatic heterocycles. The number of nitrogens with zero attached hydrogens (tertiary/aromatic N) is 3. The SMILES string of the molecule is COC(=O)C1CC(=O)N(CCC(CN2CC(C(=O)OC)CC2=O)C(C)CN2CC(C(=O)OC)CC2=O)C1. The van der Waals surface area contributed by atoms with Crippen LogP contribution in [0.2, 0.25) is 0 Å². The molecule has 0 bridgehead atoms. The van der Waals surface area contributed by atoms with Gasteiger partial charge in [0.2, 0.25) is 17.7 Å². The van der Waals surface area contributed by atoms with Crippen molar-refractivity contribution in [2.75, 3.05) is 60.6 Å². The minimum Gasteiger partial charge on any atom is -0.469 e. The molecule has 3 aliphatic rings. The second kappa shape index (κ2) is 12.4. The minimum atomic E-state index is -0.518. The lowest BCUT2D eigenvalue weighted by molar-refractivity contribution is -0.146. The Balaban J connectivity index is 1.68. The van der Waals surface area contributed by atoms with Gasteiger partial charge in [0.15, 0.2) is 0 Å². The Kier molecular flexibility index (Phi) is 9.50. The molecule has 5 atom stereocenters. The maximum atomic E-state index is 12.7. The van der Waals surface area contributed by atoms with Gasteiger partial charge in [0.25, 0.3) is 0 Å². The zero-order chi connectivity index (χ0) is 27.3. The fraction of sp³-hybridized carbons (Fsp3) is 0.760. The first-order valence-corrected chi connectivity index (χ1v) is 12.6. The van der Waals surface area contributed by atoms with Gasteiger partial charge in [-0.15, -0.1) is 0 Å². The van der Waals surface area contributed by atoms with Crippen molar-refractivity contribution in [1.82, 2.24) is 14.7 Å². The van der Waals surface area contributed by atoms with Gasteiger partial charge in [-0.3, -0.25) is 28.8 Å². The van der Waals surface area contributed by atoms with Crippen molar-refractivity contribution in [3.05, 3.63) is 0 Å². The lowest BCUT2D eigenvalue weighted by Crippen LogP contribution is -2.40. The molecular formula is C25H37N3O9. The van der Waals surface area contributed by atoms with Gasteiger partial charge < -0.3 is 28.9 Å². The first-order valence-electron chi connectivity index (χ1n) is 12.6. The molecule has 0 N–H and O–H groups in total. The highest BCUT2D eigenvalue weighted by atomic mass is 16.5. The predicted octanol–water partition coefficient (Wildman–Crippen LogP) is -0.307. The molecule has 3 fully saturated rings. The second-order valence-electron chi connectivity index (χ2n) is 10.2. The third kappa shape index (κ3) is 6.78. The second-order valence-corrected chi connectivity index (χ2v) is 10.2. The summed E-state index contributed by atoms with van der Waals surface area (Å²) < 4.78 is 14.4. The van der Waals surface area contributed by atoms with Crippen molar-refractivity contribution >= 4 is 35.6 Å². The van der Waals surface area contributed by atoms with E-state index in [1.807, 2.05) is 6.92 Å². The molecular weight excluding hydrogens is 486 g/mol. The van der Waals surface area contributed by atoms with Crippen LogP contribution in [0.1, 0.15) is 32.6 Å². The Hall–Kier alpha value is -3.18. The van der Waals surface area contributed by atoms with Crippen molar-refractivity contribution in [2.24, 2.45) is 29.6 Å². The van der Waals surface area contributed by atoms with Crippen LogP contribution in [-0.2, 0) is 43.0 Å². The predicted molar refractivity (Wildman–Crippen MR) is 127 cm³/mol. The van der Waals surface area contributed by atoms with Crippen molar-refractivity contribution in [3.63, 3.8) is 0 Å². The Labute approximate surface area is 216 Å². The molecule has 3 rings (SSSR count). The molecule has 37 heavy (non-hydrogen) atoms. The van der Waals surface area contributed by atoms with E-state index in [9.17, 15) is 28.8 Å². The van der Waals surface area contributed by atoms with Crippen molar-refractivity contribution in [1.29, 1.82) is 0 Å². The minimum absolute atomic E-state index is 0.0700. The summed E-state index contributed by atoms with van der Waals surface area (Å²) in [6, 6.07) is 0. The summed E-state index contributed by atoms with van der Waals surface area (Å²) in [6.07, 6.45) is 0.836. The zero-order valence-electron chi connectivity index (χ0n) is 22.0. The summed E-state index contributed by atoms with van der Waals surface area (Å²) in [5.41, 5.74) is 0. The van der Waals surface area contributed by atoms with Crippen LogP contribution in [0, 0.1) is 29.6 Å². The maximum absolute atomic E-state index is 12.7. The van der Waals surface area contributed by atoms with Gasteiger partial charge >= 0.3 is 17.9 Å².